The van der Waals surface area contributed by atoms with Crippen molar-refractivity contribution in [3.63, 3.8) is 0 Å². The monoisotopic (exact) mass is 558 g/mol. The number of carbonyl (C=O) groups is 1. The number of hydrogen-bond acceptors (Lipinski definition) is 5. The van der Waals surface area contributed by atoms with Gasteiger partial charge in [0.1, 0.15) is 16.2 Å². The zero-order valence-corrected chi connectivity index (χ0v) is 23.0. The second-order valence-corrected chi connectivity index (χ2v) is 11.5. The number of anilines is 1. The highest BCUT2D eigenvalue weighted by molar-refractivity contribution is 7.92. The van der Waals surface area contributed by atoms with E-state index in [1.807, 2.05) is 85.8 Å². The first-order chi connectivity index (χ1) is 19.9. The summed E-state index contributed by atoms with van der Waals surface area (Å²) >= 11 is 0. The number of carbonyl (C=O) groups excluding carboxylic acids is 1. The Morgan fingerprint density at radius 3 is 2.00 bits per heavy atom. The summed E-state index contributed by atoms with van der Waals surface area (Å²) < 4.78 is 30.3. The van der Waals surface area contributed by atoms with Crippen LogP contribution in [0.1, 0.15) is 24.1 Å². The predicted molar refractivity (Wildman–Crippen MR) is 161 cm³/mol. The third-order valence-corrected chi connectivity index (χ3v) is 8.73. The molecule has 0 saturated heterocycles. The van der Waals surface area contributed by atoms with Crippen LogP contribution >= 0.6 is 0 Å². The number of nitrogens with one attached hydrogen (secondary N) is 1. The Labute approximate surface area is 237 Å². The van der Waals surface area contributed by atoms with E-state index in [2.05, 4.69) is 5.32 Å². The van der Waals surface area contributed by atoms with Crippen molar-refractivity contribution in [3.8, 4) is 0 Å². The number of nitrogens with zero attached hydrogens (tertiary/aromatic N) is 3. The van der Waals surface area contributed by atoms with E-state index in [0.717, 1.165) is 11.1 Å². The molecule has 1 unspecified atom stereocenters. The molecular weight excluding hydrogens is 532 g/mol. The smallest absolute Gasteiger partial charge is 0.249 e. The van der Waals surface area contributed by atoms with Crippen molar-refractivity contribution < 1.29 is 13.2 Å². The van der Waals surface area contributed by atoms with Crippen molar-refractivity contribution in [2.45, 2.75) is 22.8 Å². The van der Waals surface area contributed by atoms with Crippen LogP contribution < -0.4 is 5.32 Å². The van der Waals surface area contributed by atoms with Gasteiger partial charge in [-0.25, -0.2) is 18.4 Å². The molecule has 1 N–H and O–H groups in total. The van der Waals surface area contributed by atoms with Gasteiger partial charge in [0, 0.05) is 6.08 Å². The summed E-state index contributed by atoms with van der Waals surface area (Å²) in [6.45, 7) is 1.94. The zero-order chi connectivity index (χ0) is 28.4. The second-order valence-electron chi connectivity index (χ2n) is 9.57. The molecule has 8 heteroatoms. The van der Waals surface area contributed by atoms with Gasteiger partial charge in [-0.3, -0.25) is 4.79 Å². The summed E-state index contributed by atoms with van der Waals surface area (Å²) in [5.41, 5.74) is 3.47. The van der Waals surface area contributed by atoms with E-state index in [-0.39, 0.29) is 27.2 Å². The molecule has 0 radical (unpaired) electrons. The molecule has 2 heterocycles. The highest BCUT2D eigenvalue weighted by atomic mass is 32.2. The average molecular weight is 559 g/mol. The molecule has 6 aromatic rings. The molecule has 1 atom stereocenters. The number of amides is 1. The van der Waals surface area contributed by atoms with Crippen LogP contribution in [0, 0.1) is 0 Å². The number of rotatable bonds is 7. The summed E-state index contributed by atoms with van der Waals surface area (Å²) in [6, 6.07) is 34.2. The molecule has 202 valence electrons. The first-order valence-electron chi connectivity index (χ1n) is 13.1. The topological polar surface area (TPSA) is 94.0 Å². The van der Waals surface area contributed by atoms with Gasteiger partial charge in [-0.05, 0) is 48.4 Å². The maximum atomic E-state index is 14.3. The fraction of sp³-hybridized carbons (Fsp3) is 0.0606. The van der Waals surface area contributed by atoms with Crippen molar-refractivity contribution in [1.29, 1.82) is 0 Å². The third kappa shape index (κ3) is 5.01. The van der Waals surface area contributed by atoms with Gasteiger partial charge in [0.25, 0.3) is 0 Å². The summed E-state index contributed by atoms with van der Waals surface area (Å²) in [5, 5.41) is 2.90. The average Bonchev–Trinajstić information content (AvgIpc) is 3.32. The predicted octanol–water partition coefficient (Wildman–Crippen LogP) is 6.68. The van der Waals surface area contributed by atoms with Crippen molar-refractivity contribution >= 4 is 49.8 Å². The molecule has 4 aromatic carbocycles. The maximum absolute atomic E-state index is 14.3. The van der Waals surface area contributed by atoms with Crippen LogP contribution in [0.5, 0.6) is 0 Å². The number of hydrogen-bond donors (Lipinski definition) is 1. The number of sulfone groups is 1. The Hall–Kier alpha value is -5.08. The largest absolute Gasteiger partial charge is 0.307 e. The van der Waals surface area contributed by atoms with Crippen LogP contribution in [-0.2, 0) is 14.6 Å². The summed E-state index contributed by atoms with van der Waals surface area (Å²) in [6.07, 6.45) is 3.07. The Bertz CT molecular complexity index is 2000. The van der Waals surface area contributed by atoms with Crippen molar-refractivity contribution in [3.05, 3.63) is 132 Å². The Balaban J connectivity index is 1.63. The number of aromatic nitrogens is 3. The van der Waals surface area contributed by atoms with E-state index in [9.17, 15) is 13.2 Å². The molecule has 1 amide bonds. The van der Waals surface area contributed by atoms with Gasteiger partial charge in [0.15, 0.2) is 5.65 Å². The lowest BCUT2D eigenvalue weighted by Crippen LogP contribution is -2.18. The molecule has 0 bridgehead atoms. The van der Waals surface area contributed by atoms with E-state index < -0.39 is 15.7 Å². The van der Waals surface area contributed by atoms with E-state index in [1.165, 1.54) is 18.2 Å². The first-order valence-corrected chi connectivity index (χ1v) is 14.6. The standard InChI is InChI=1S/C33H26N4O3S/c1-23(25-15-7-3-8-16-25)37-32-30(34-27-19-11-12-20-28(27)35-32)31(41(39,40)26-17-9-4-10-18-26)33(37)36-29(38)22-21-24-13-5-2-6-14-24/h2-23H,1H3,(H,36,38)/b22-21+. The third-order valence-electron chi connectivity index (χ3n) is 6.91. The van der Waals surface area contributed by atoms with Crippen LogP contribution in [0.25, 0.3) is 28.3 Å². The van der Waals surface area contributed by atoms with Gasteiger partial charge in [0.05, 0.1) is 22.0 Å². The number of para-hydroxylation sites is 2. The van der Waals surface area contributed by atoms with Gasteiger partial charge in [0.2, 0.25) is 15.7 Å². The molecule has 0 aliphatic carbocycles. The second kappa shape index (κ2) is 10.8. The van der Waals surface area contributed by atoms with E-state index in [4.69, 9.17) is 9.97 Å². The molecule has 0 aliphatic heterocycles. The molecule has 6 rings (SSSR count). The quantitative estimate of drug-likeness (QED) is 0.221. The lowest BCUT2D eigenvalue weighted by atomic mass is 10.1. The van der Waals surface area contributed by atoms with Gasteiger partial charge in [-0.1, -0.05) is 91.0 Å². The minimum absolute atomic E-state index is 0.0942. The van der Waals surface area contributed by atoms with Crippen LogP contribution in [0.4, 0.5) is 5.82 Å². The molecule has 0 aliphatic rings. The van der Waals surface area contributed by atoms with Gasteiger partial charge in [-0.2, -0.15) is 0 Å². The SMILES string of the molecule is CC(c1ccccc1)n1c(NC(=O)/C=C/c2ccccc2)c(S(=O)(=O)c2ccccc2)c2nc3ccccc3nc21. The van der Waals surface area contributed by atoms with Crippen LogP contribution in [-0.4, -0.2) is 28.9 Å². The summed E-state index contributed by atoms with van der Waals surface area (Å²) in [4.78, 5) is 23.1. The lowest BCUT2D eigenvalue weighted by Gasteiger charge is -2.19. The molecule has 7 nitrogen and oxygen atoms in total. The molecule has 2 aromatic heterocycles. The Kier molecular flexibility index (Phi) is 6.91. The van der Waals surface area contributed by atoms with Crippen LogP contribution in [0.2, 0.25) is 0 Å². The highest BCUT2D eigenvalue weighted by Crippen LogP contribution is 2.40. The highest BCUT2D eigenvalue weighted by Gasteiger charge is 2.33. The molecule has 41 heavy (non-hydrogen) atoms. The first kappa shape index (κ1) is 26.2. The van der Waals surface area contributed by atoms with E-state index in [1.54, 1.807) is 34.9 Å². The normalized spacial score (nSPS) is 12.6. The van der Waals surface area contributed by atoms with Gasteiger partial charge < -0.3 is 9.88 Å². The fourth-order valence-corrected chi connectivity index (χ4v) is 6.43. The van der Waals surface area contributed by atoms with Crippen molar-refractivity contribution in [2.75, 3.05) is 5.32 Å². The maximum Gasteiger partial charge on any atom is 0.249 e. The Morgan fingerprint density at radius 2 is 1.34 bits per heavy atom. The van der Waals surface area contributed by atoms with Gasteiger partial charge in [-0.15, -0.1) is 0 Å². The van der Waals surface area contributed by atoms with Crippen LogP contribution in [0.15, 0.2) is 131 Å². The minimum Gasteiger partial charge on any atom is -0.307 e. The van der Waals surface area contributed by atoms with Gasteiger partial charge >= 0.3 is 0 Å². The summed E-state index contributed by atoms with van der Waals surface area (Å²) in [5.74, 6) is -0.370. The van der Waals surface area contributed by atoms with Crippen LogP contribution in [0.3, 0.4) is 0 Å². The van der Waals surface area contributed by atoms with Crippen molar-refractivity contribution in [2.24, 2.45) is 0 Å². The molecule has 0 fully saturated rings. The summed E-state index contributed by atoms with van der Waals surface area (Å²) in [7, 11) is -4.13. The Morgan fingerprint density at radius 1 is 0.780 bits per heavy atom. The minimum atomic E-state index is -4.13. The molecule has 0 saturated carbocycles. The molecular formula is C33H26N4O3S. The van der Waals surface area contributed by atoms with E-state index >= 15 is 0 Å². The number of fused-ring (bicyclic) bond motifs is 2. The lowest BCUT2D eigenvalue weighted by molar-refractivity contribution is -0.111. The number of benzene rings is 4. The fourth-order valence-electron chi connectivity index (χ4n) is 4.88. The molecule has 0 spiro atoms. The zero-order valence-electron chi connectivity index (χ0n) is 22.2. The van der Waals surface area contributed by atoms with Crippen molar-refractivity contribution in [1.82, 2.24) is 14.5 Å². The van der Waals surface area contributed by atoms with E-state index in [0.29, 0.717) is 16.7 Å².